The van der Waals surface area contributed by atoms with Gasteiger partial charge in [-0.1, -0.05) is 23.7 Å². The number of hydrogen-bond donors (Lipinski definition) is 1. The summed E-state index contributed by atoms with van der Waals surface area (Å²) >= 11 is 5.84. The second-order valence-electron chi connectivity index (χ2n) is 4.09. The highest BCUT2D eigenvalue weighted by Crippen LogP contribution is 2.19. The fraction of sp³-hybridized carbons (Fsp3) is 0.0769. The standard InChI is InChI=1S/C13H10ClN3O/c1-8-12-13(18)16-11(6-17(12)7-15-8)9-2-4-10(14)5-3-9/h2-7H,1H3,(H,16,18). The van der Waals surface area contributed by atoms with Gasteiger partial charge in [0.2, 0.25) is 0 Å². The maximum atomic E-state index is 12.0. The highest BCUT2D eigenvalue weighted by atomic mass is 35.5. The minimum atomic E-state index is -0.141. The molecule has 0 atom stereocenters. The highest BCUT2D eigenvalue weighted by molar-refractivity contribution is 6.30. The third-order valence-corrected chi connectivity index (χ3v) is 3.12. The molecule has 1 aromatic carbocycles. The Morgan fingerprint density at radius 2 is 2.00 bits per heavy atom. The van der Waals surface area contributed by atoms with Gasteiger partial charge in [0.25, 0.3) is 5.56 Å². The maximum Gasteiger partial charge on any atom is 0.274 e. The lowest BCUT2D eigenvalue weighted by Crippen LogP contribution is -2.10. The van der Waals surface area contributed by atoms with Crippen molar-refractivity contribution in [1.29, 1.82) is 0 Å². The van der Waals surface area contributed by atoms with Gasteiger partial charge in [-0.05, 0) is 24.6 Å². The molecule has 90 valence electrons. The molecule has 3 aromatic rings. The summed E-state index contributed by atoms with van der Waals surface area (Å²) in [6, 6.07) is 7.31. The number of aryl methyl sites for hydroxylation is 1. The number of aromatic nitrogens is 3. The molecule has 3 rings (SSSR count). The molecular formula is C13H10ClN3O. The van der Waals surface area contributed by atoms with Gasteiger partial charge in [0.05, 0.1) is 17.7 Å². The van der Waals surface area contributed by atoms with Crippen LogP contribution in [0.1, 0.15) is 5.69 Å². The van der Waals surface area contributed by atoms with Crippen LogP contribution in [0.15, 0.2) is 41.6 Å². The van der Waals surface area contributed by atoms with Crippen LogP contribution >= 0.6 is 11.6 Å². The smallest absolute Gasteiger partial charge is 0.274 e. The van der Waals surface area contributed by atoms with Gasteiger partial charge in [-0.3, -0.25) is 9.20 Å². The lowest BCUT2D eigenvalue weighted by atomic mass is 10.1. The molecule has 0 saturated heterocycles. The average molecular weight is 260 g/mol. The summed E-state index contributed by atoms with van der Waals surface area (Å²) in [5.41, 5.74) is 2.80. The zero-order valence-corrected chi connectivity index (χ0v) is 10.4. The Morgan fingerprint density at radius 1 is 1.28 bits per heavy atom. The number of halogens is 1. The molecule has 5 heteroatoms. The van der Waals surface area contributed by atoms with E-state index < -0.39 is 0 Å². The molecule has 0 amide bonds. The monoisotopic (exact) mass is 259 g/mol. The Kier molecular flexibility index (Phi) is 2.45. The van der Waals surface area contributed by atoms with Crippen LogP contribution < -0.4 is 5.56 Å². The van der Waals surface area contributed by atoms with Crippen LogP contribution in [0.25, 0.3) is 16.8 Å². The van der Waals surface area contributed by atoms with E-state index in [1.807, 2.05) is 25.3 Å². The van der Waals surface area contributed by atoms with Crippen LogP contribution in [0.5, 0.6) is 0 Å². The Labute approximate surface area is 108 Å². The summed E-state index contributed by atoms with van der Waals surface area (Å²) in [4.78, 5) is 19.0. The van der Waals surface area contributed by atoms with Crippen molar-refractivity contribution in [1.82, 2.24) is 14.4 Å². The molecule has 0 saturated carbocycles. The van der Waals surface area contributed by atoms with Gasteiger partial charge in [-0.25, -0.2) is 4.98 Å². The van der Waals surface area contributed by atoms with E-state index in [1.54, 1.807) is 22.9 Å². The summed E-state index contributed by atoms with van der Waals surface area (Å²) in [7, 11) is 0. The van der Waals surface area contributed by atoms with Crippen molar-refractivity contribution in [3.05, 3.63) is 57.9 Å². The number of aromatic amines is 1. The number of nitrogens with zero attached hydrogens (tertiary/aromatic N) is 2. The first-order valence-corrected chi connectivity index (χ1v) is 5.85. The predicted octanol–water partition coefficient (Wildman–Crippen LogP) is 2.65. The molecule has 2 aromatic heterocycles. The Hall–Kier alpha value is -2.07. The first-order valence-electron chi connectivity index (χ1n) is 5.47. The largest absolute Gasteiger partial charge is 0.319 e. The molecule has 0 aliphatic rings. The van der Waals surface area contributed by atoms with E-state index >= 15 is 0 Å². The zero-order chi connectivity index (χ0) is 12.7. The van der Waals surface area contributed by atoms with Crippen LogP contribution in [-0.4, -0.2) is 14.4 Å². The minimum Gasteiger partial charge on any atom is -0.319 e. The van der Waals surface area contributed by atoms with Crippen LogP contribution in [0.2, 0.25) is 5.02 Å². The quantitative estimate of drug-likeness (QED) is 0.730. The number of nitrogens with one attached hydrogen (secondary N) is 1. The van der Waals surface area contributed by atoms with Gasteiger partial charge in [0, 0.05) is 11.2 Å². The number of rotatable bonds is 1. The molecule has 0 aliphatic carbocycles. The molecular weight excluding hydrogens is 250 g/mol. The van der Waals surface area contributed by atoms with E-state index in [-0.39, 0.29) is 5.56 Å². The lowest BCUT2D eigenvalue weighted by Gasteiger charge is -2.03. The summed E-state index contributed by atoms with van der Waals surface area (Å²) in [5.74, 6) is 0. The first-order chi connectivity index (χ1) is 8.65. The molecule has 0 aliphatic heterocycles. The fourth-order valence-electron chi connectivity index (χ4n) is 1.96. The Balaban J connectivity index is 2.25. The van der Waals surface area contributed by atoms with E-state index in [1.165, 1.54) is 0 Å². The van der Waals surface area contributed by atoms with Crippen LogP contribution in [0, 0.1) is 6.92 Å². The van der Waals surface area contributed by atoms with Gasteiger partial charge < -0.3 is 4.98 Å². The van der Waals surface area contributed by atoms with E-state index in [4.69, 9.17) is 11.6 Å². The van der Waals surface area contributed by atoms with Gasteiger partial charge >= 0.3 is 0 Å². The molecule has 1 N–H and O–H groups in total. The second-order valence-corrected chi connectivity index (χ2v) is 4.53. The van der Waals surface area contributed by atoms with Crippen molar-refractivity contribution < 1.29 is 0 Å². The summed E-state index contributed by atoms with van der Waals surface area (Å²) in [6.07, 6.45) is 3.49. The summed E-state index contributed by atoms with van der Waals surface area (Å²) < 4.78 is 1.73. The van der Waals surface area contributed by atoms with Crippen LogP contribution in [0.4, 0.5) is 0 Å². The average Bonchev–Trinajstić information content (AvgIpc) is 2.72. The van der Waals surface area contributed by atoms with Crippen molar-refractivity contribution in [3.63, 3.8) is 0 Å². The van der Waals surface area contributed by atoms with E-state index in [0.717, 1.165) is 17.0 Å². The van der Waals surface area contributed by atoms with Crippen molar-refractivity contribution >= 4 is 17.1 Å². The van der Waals surface area contributed by atoms with E-state index in [2.05, 4.69) is 9.97 Å². The third-order valence-electron chi connectivity index (χ3n) is 2.86. The fourth-order valence-corrected chi connectivity index (χ4v) is 2.09. The third kappa shape index (κ3) is 1.71. The zero-order valence-electron chi connectivity index (χ0n) is 9.64. The Bertz CT molecular complexity index is 771. The molecule has 0 fully saturated rings. The molecule has 0 spiro atoms. The Morgan fingerprint density at radius 3 is 2.72 bits per heavy atom. The van der Waals surface area contributed by atoms with Crippen LogP contribution in [0.3, 0.4) is 0 Å². The number of benzene rings is 1. The molecule has 4 nitrogen and oxygen atoms in total. The van der Waals surface area contributed by atoms with Gasteiger partial charge in [-0.15, -0.1) is 0 Å². The van der Waals surface area contributed by atoms with Gasteiger partial charge in [0.1, 0.15) is 5.52 Å². The maximum absolute atomic E-state index is 12.0. The van der Waals surface area contributed by atoms with Crippen LogP contribution in [-0.2, 0) is 0 Å². The van der Waals surface area contributed by atoms with E-state index in [0.29, 0.717) is 10.5 Å². The van der Waals surface area contributed by atoms with Crippen molar-refractivity contribution in [2.45, 2.75) is 6.92 Å². The van der Waals surface area contributed by atoms with E-state index in [9.17, 15) is 4.79 Å². The van der Waals surface area contributed by atoms with Crippen molar-refractivity contribution in [2.75, 3.05) is 0 Å². The van der Waals surface area contributed by atoms with Crippen molar-refractivity contribution in [2.24, 2.45) is 0 Å². The number of hydrogen-bond acceptors (Lipinski definition) is 2. The molecule has 0 unspecified atom stereocenters. The first kappa shape index (κ1) is 11.0. The number of H-pyrrole nitrogens is 1. The predicted molar refractivity (Wildman–Crippen MR) is 71.0 cm³/mol. The SMILES string of the molecule is Cc1ncn2cc(-c3ccc(Cl)cc3)[nH]c(=O)c12. The summed E-state index contributed by atoms with van der Waals surface area (Å²) in [5, 5.41) is 0.667. The number of imidazole rings is 1. The van der Waals surface area contributed by atoms with Crippen molar-refractivity contribution in [3.8, 4) is 11.3 Å². The minimum absolute atomic E-state index is 0.141. The van der Waals surface area contributed by atoms with Gasteiger partial charge in [-0.2, -0.15) is 0 Å². The second kappa shape index (κ2) is 3.99. The summed E-state index contributed by atoms with van der Waals surface area (Å²) in [6.45, 7) is 1.81. The topological polar surface area (TPSA) is 50.2 Å². The molecule has 2 heterocycles. The number of fused-ring (bicyclic) bond motifs is 1. The molecule has 0 bridgehead atoms. The lowest BCUT2D eigenvalue weighted by molar-refractivity contribution is 1.09. The molecule has 18 heavy (non-hydrogen) atoms. The molecule has 0 radical (unpaired) electrons. The highest BCUT2D eigenvalue weighted by Gasteiger charge is 2.07. The normalized spacial score (nSPS) is 11.0. The van der Waals surface area contributed by atoms with Gasteiger partial charge in [0.15, 0.2) is 0 Å².